The third-order valence-corrected chi connectivity index (χ3v) is 2.96. The van der Waals surface area contributed by atoms with Crippen LogP contribution in [0.2, 0.25) is 0 Å². The molecule has 0 aliphatic heterocycles. The van der Waals surface area contributed by atoms with Crippen molar-refractivity contribution < 1.29 is 18.8 Å². The molecule has 3 N–H and O–H groups in total. The smallest absolute Gasteiger partial charge is 0.338 e. The van der Waals surface area contributed by atoms with Crippen LogP contribution in [-0.2, 0) is 0 Å². The lowest BCUT2D eigenvalue weighted by atomic mass is 10.1. The molecule has 17 heavy (non-hydrogen) atoms. The number of hydrogen-bond acceptors (Lipinski definition) is 2. The first kappa shape index (κ1) is 11.8. The van der Waals surface area contributed by atoms with Crippen molar-refractivity contribution >= 4 is 6.03 Å². The number of hydrogen-bond donors (Lipinski definition) is 2. The standard InChI is InChI=1S/C11H12F2N2O2/c12-9-2-1-6(4-10(9)13)8-3-7(8)5-15(17)11(14)16/h1-2,4,7-8,17H,3,5H2,(H2,14,16)/t7-,8-/m0/s1. The van der Waals surface area contributed by atoms with Gasteiger partial charge in [0, 0.05) is 0 Å². The highest BCUT2D eigenvalue weighted by atomic mass is 19.2. The fourth-order valence-corrected chi connectivity index (χ4v) is 1.91. The second-order valence-electron chi connectivity index (χ2n) is 4.20. The van der Waals surface area contributed by atoms with Gasteiger partial charge in [-0.15, -0.1) is 0 Å². The number of urea groups is 1. The van der Waals surface area contributed by atoms with E-state index in [1.165, 1.54) is 6.07 Å². The molecule has 2 amide bonds. The number of halogens is 2. The number of carbonyl (C=O) groups excluding carboxylic acids is 1. The Morgan fingerprint density at radius 2 is 2.18 bits per heavy atom. The molecule has 0 unspecified atom stereocenters. The van der Waals surface area contributed by atoms with Gasteiger partial charge in [0.1, 0.15) is 0 Å². The van der Waals surface area contributed by atoms with Crippen LogP contribution in [-0.4, -0.2) is 22.8 Å². The maximum absolute atomic E-state index is 13.0. The second-order valence-corrected chi connectivity index (χ2v) is 4.20. The van der Waals surface area contributed by atoms with Crippen molar-refractivity contribution in [3.63, 3.8) is 0 Å². The molecular formula is C11H12F2N2O2. The summed E-state index contributed by atoms with van der Waals surface area (Å²) in [5.74, 6) is -1.69. The van der Waals surface area contributed by atoms with Crippen molar-refractivity contribution in [1.82, 2.24) is 5.06 Å². The van der Waals surface area contributed by atoms with Crippen LogP contribution in [0.4, 0.5) is 13.6 Å². The van der Waals surface area contributed by atoms with Crippen molar-refractivity contribution in [3.8, 4) is 0 Å². The Kier molecular flexibility index (Phi) is 2.97. The summed E-state index contributed by atoms with van der Waals surface area (Å²) in [6.45, 7) is 0.110. The van der Waals surface area contributed by atoms with Gasteiger partial charge in [0.2, 0.25) is 0 Å². The van der Waals surface area contributed by atoms with Gasteiger partial charge in [-0.05, 0) is 36.0 Å². The Balaban J connectivity index is 1.98. The molecule has 1 aliphatic rings. The lowest BCUT2D eigenvalue weighted by molar-refractivity contribution is -0.0431. The van der Waals surface area contributed by atoms with Gasteiger partial charge in [-0.25, -0.2) is 18.6 Å². The summed E-state index contributed by atoms with van der Waals surface area (Å²) in [5, 5.41) is 9.56. The summed E-state index contributed by atoms with van der Waals surface area (Å²) in [4.78, 5) is 10.6. The molecule has 6 heteroatoms. The molecule has 4 nitrogen and oxygen atoms in total. The van der Waals surface area contributed by atoms with E-state index in [-0.39, 0.29) is 18.4 Å². The first-order chi connectivity index (χ1) is 7.99. The van der Waals surface area contributed by atoms with E-state index >= 15 is 0 Å². The van der Waals surface area contributed by atoms with Crippen LogP contribution in [0.25, 0.3) is 0 Å². The van der Waals surface area contributed by atoms with Crippen molar-refractivity contribution in [2.75, 3.05) is 6.54 Å². The van der Waals surface area contributed by atoms with Crippen LogP contribution in [0.3, 0.4) is 0 Å². The van der Waals surface area contributed by atoms with Crippen molar-refractivity contribution in [2.45, 2.75) is 12.3 Å². The van der Waals surface area contributed by atoms with Gasteiger partial charge < -0.3 is 5.73 Å². The van der Waals surface area contributed by atoms with Crippen LogP contribution >= 0.6 is 0 Å². The number of primary amides is 1. The number of hydroxylamine groups is 2. The van der Waals surface area contributed by atoms with Crippen LogP contribution in [0.1, 0.15) is 17.9 Å². The average molecular weight is 242 g/mol. The Bertz CT molecular complexity index is 453. The zero-order chi connectivity index (χ0) is 12.6. The number of carbonyl (C=O) groups is 1. The minimum atomic E-state index is -0.916. The van der Waals surface area contributed by atoms with Gasteiger partial charge in [-0.1, -0.05) is 6.07 Å². The molecule has 92 valence electrons. The summed E-state index contributed by atoms with van der Waals surface area (Å²) in [5.41, 5.74) is 5.54. The third kappa shape index (κ3) is 2.52. The van der Waals surface area contributed by atoms with Crippen molar-refractivity contribution in [1.29, 1.82) is 0 Å². The van der Waals surface area contributed by atoms with E-state index in [0.717, 1.165) is 18.6 Å². The molecule has 1 saturated carbocycles. The van der Waals surface area contributed by atoms with E-state index < -0.39 is 17.7 Å². The molecule has 0 radical (unpaired) electrons. The molecule has 2 rings (SSSR count). The third-order valence-electron chi connectivity index (χ3n) is 2.96. The molecule has 2 atom stereocenters. The number of rotatable bonds is 3. The molecule has 1 fully saturated rings. The summed E-state index contributed by atoms with van der Waals surface area (Å²) in [6, 6.07) is 2.81. The minimum Gasteiger partial charge on any atom is -0.350 e. The second kappa shape index (κ2) is 4.29. The summed E-state index contributed by atoms with van der Waals surface area (Å²) in [6.07, 6.45) is 0.718. The number of nitrogens with zero attached hydrogens (tertiary/aromatic N) is 1. The molecule has 0 saturated heterocycles. The summed E-state index contributed by atoms with van der Waals surface area (Å²) >= 11 is 0. The van der Waals surface area contributed by atoms with E-state index in [0.29, 0.717) is 10.6 Å². The van der Waals surface area contributed by atoms with Crippen LogP contribution in [0.5, 0.6) is 0 Å². The van der Waals surface area contributed by atoms with Crippen molar-refractivity contribution in [3.05, 3.63) is 35.4 Å². The molecular weight excluding hydrogens is 230 g/mol. The van der Waals surface area contributed by atoms with E-state index in [1.54, 1.807) is 0 Å². The highest BCUT2D eigenvalue weighted by Gasteiger charge is 2.40. The first-order valence-electron chi connectivity index (χ1n) is 5.20. The number of benzene rings is 1. The highest BCUT2D eigenvalue weighted by Crippen LogP contribution is 2.47. The molecule has 0 aromatic heterocycles. The molecule has 0 heterocycles. The van der Waals surface area contributed by atoms with Gasteiger partial charge >= 0.3 is 6.03 Å². The SMILES string of the molecule is NC(=O)N(O)C[C@@H]1C[C@H]1c1ccc(F)c(F)c1. The van der Waals surface area contributed by atoms with Gasteiger partial charge in [0.05, 0.1) is 6.54 Å². The maximum Gasteiger partial charge on any atom is 0.338 e. The average Bonchev–Trinajstić information content (AvgIpc) is 3.01. The lowest BCUT2D eigenvalue weighted by Gasteiger charge is -2.11. The largest absolute Gasteiger partial charge is 0.350 e. The van der Waals surface area contributed by atoms with E-state index in [4.69, 9.17) is 10.9 Å². The first-order valence-corrected chi connectivity index (χ1v) is 5.20. The molecule has 1 aromatic rings. The molecule has 1 aromatic carbocycles. The van der Waals surface area contributed by atoms with Crippen LogP contribution in [0, 0.1) is 17.6 Å². The van der Waals surface area contributed by atoms with Gasteiger partial charge in [-0.2, -0.15) is 0 Å². The highest BCUT2D eigenvalue weighted by molar-refractivity contribution is 5.70. The number of nitrogens with two attached hydrogens (primary N) is 1. The fraction of sp³-hybridized carbons (Fsp3) is 0.364. The Labute approximate surface area is 96.6 Å². The monoisotopic (exact) mass is 242 g/mol. The van der Waals surface area contributed by atoms with E-state index in [9.17, 15) is 13.6 Å². The normalized spacial score (nSPS) is 22.3. The summed E-state index contributed by atoms with van der Waals surface area (Å²) < 4.78 is 25.7. The lowest BCUT2D eigenvalue weighted by Crippen LogP contribution is -2.34. The van der Waals surface area contributed by atoms with Crippen LogP contribution < -0.4 is 5.73 Å². The topological polar surface area (TPSA) is 66.6 Å². The predicted molar refractivity (Wildman–Crippen MR) is 55.3 cm³/mol. The van der Waals surface area contributed by atoms with E-state index in [2.05, 4.69) is 0 Å². The minimum absolute atomic E-state index is 0.0392. The Morgan fingerprint density at radius 3 is 2.76 bits per heavy atom. The fourth-order valence-electron chi connectivity index (χ4n) is 1.91. The maximum atomic E-state index is 13.0. The van der Waals surface area contributed by atoms with Crippen molar-refractivity contribution in [2.24, 2.45) is 11.7 Å². The molecule has 0 bridgehead atoms. The molecule has 1 aliphatic carbocycles. The van der Waals surface area contributed by atoms with Gasteiger partial charge in [0.15, 0.2) is 11.6 Å². The zero-order valence-corrected chi connectivity index (χ0v) is 8.94. The Hall–Kier alpha value is -1.69. The Morgan fingerprint density at radius 1 is 1.47 bits per heavy atom. The van der Waals surface area contributed by atoms with E-state index in [1.807, 2.05) is 0 Å². The zero-order valence-electron chi connectivity index (χ0n) is 8.94. The van der Waals surface area contributed by atoms with Gasteiger partial charge in [-0.3, -0.25) is 5.21 Å². The summed E-state index contributed by atoms with van der Waals surface area (Å²) in [7, 11) is 0. The number of amides is 2. The quantitative estimate of drug-likeness (QED) is 0.627. The predicted octanol–water partition coefficient (Wildman–Crippen LogP) is 1.84. The van der Waals surface area contributed by atoms with Gasteiger partial charge in [0.25, 0.3) is 0 Å². The van der Waals surface area contributed by atoms with Crippen LogP contribution in [0.15, 0.2) is 18.2 Å². The molecule has 0 spiro atoms.